The van der Waals surface area contributed by atoms with Crippen LogP contribution in [-0.4, -0.2) is 74.3 Å². The number of quaternary nitrogens is 1. The largest absolute Gasteiger partial charge is 0.472 e. The van der Waals surface area contributed by atoms with Crippen molar-refractivity contribution in [2.75, 3.05) is 40.9 Å². The standard InChI is InChI=1S/C67H125N2O7P/c1-7-10-13-16-19-22-25-27-29-31-33-34-36-38-40-42-45-48-51-54-57-60-67(71)76-65(58-55-52-49-46-43-24-21-18-15-12-9-3)64(63-75-77(72,73)74-62-61-69(4,5)6)68-66(70)59-56-53-50-47-44-41-39-37-35-32-30-28-26-23-20-17-14-11-8-2/h20,23,27-30,35,37,55,58,64-65H,7-19,21-22,24-26,31-34,36,38-54,56-57,59-63H2,1-6H3,(H-,68,70,72,73)/p+1/b23-20-,29-27+,30-28-,37-35-,58-55+. The summed E-state index contributed by atoms with van der Waals surface area (Å²) in [6, 6.07) is -0.856. The summed E-state index contributed by atoms with van der Waals surface area (Å²) in [5, 5.41) is 3.05. The number of amides is 1. The van der Waals surface area contributed by atoms with Gasteiger partial charge in [0.15, 0.2) is 0 Å². The third-order valence-corrected chi connectivity index (χ3v) is 15.4. The van der Waals surface area contributed by atoms with Crippen LogP contribution in [0.5, 0.6) is 0 Å². The fourth-order valence-electron chi connectivity index (χ4n) is 9.35. The number of hydrogen-bond donors (Lipinski definition) is 2. The zero-order valence-corrected chi connectivity index (χ0v) is 52.3. The van der Waals surface area contributed by atoms with Gasteiger partial charge in [-0.15, -0.1) is 0 Å². The highest BCUT2D eigenvalue weighted by Crippen LogP contribution is 2.43. The van der Waals surface area contributed by atoms with Gasteiger partial charge in [-0.25, -0.2) is 4.57 Å². The van der Waals surface area contributed by atoms with Crippen molar-refractivity contribution in [2.24, 2.45) is 0 Å². The molecule has 0 radical (unpaired) electrons. The highest BCUT2D eigenvalue weighted by molar-refractivity contribution is 7.47. The molecule has 0 heterocycles. The maximum atomic E-state index is 13.6. The van der Waals surface area contributed by atoms with Gasteiger partial charge in [-0.2, -0.15) is 0 Å². The van der Waals surface area contributed by atoms with Crippen LogP contribution < -0.4 is 5.32 Å². The van der Waals surface area contributed by atoms with Gasteiger partial charge in [0.2, 0.25) is 5.91 Å². The molecule has 0 aromatic rings. The second-order valence-corrected chi connectivity index (χ2v) is 24.7. The molecule has 77 heavy (non-hydrogen) atoms. The van der Waals surface area contributed by atoms with Gasteiger partial charge in [0, 0.05) is 12.8 Å². The van der Waals surface area contributed by atoms with Crippen molar-refractivity contribution < 1.29 is 37.3 Å². The van der Waals surface area contributed by atoms with Crippen molar-refractivity contribution in [1.29, 1.82) is 0 Å². The summed E-state index contributed by atoms with van der Waals surface area (Å²) in [7, 11) is 1.49. The first-order valence-corrected chi connectivity index (χ1v) is 34.1. The molecule has 0 aliphatic rings. The number of esters is 1. The highest BCUT2D eigenvalue weighted by atomic mass is 31.2. The number of carbonyl (C=O) groups excluding carboxylic acids is 2. The van der Waals surface area contributed by atoms with Crippen molar-refractivity contribution in [3.8, 4) is 0 Å². The summed E-state index contributed by atoms with van der Waals surface area (Å²) >= 11 is 0. The molecule has 0 saturated carbocycles. The van der Waals surface area contributed by atoms with Crippen LogP contribution in [0.25, 0.3) is 0 Å². The van der Waals surface area contributed by atoms with E-state index in [4.69, 9.17) is 13.8 Å². The zero-order chi connectivity index (χ0) is 56.4. The van der Waals surface area contributed by atoms with E-state index in [9.17, 15) is 19.0 Å². The topological polar surface area (TPSA) is 111 Å². The van der Waals surface area contributed by atoms with Crippen LogP contribution in [0.4, 0.5) is 0 Å². The Morgan fingerprint density at radius 2 is 0.792 bits per heavy atom. The minimum atomic E-state index is -4.45. The molecule has 3 unspecified atom stereocenters. The van der Waals surface area contributed by atoms with E-state index in [1.165, 1.54) is 186 Å². The number of nitrogens with one attached hydrogen (secondary N) is 1. The molecule has 0 aromatic carbocycles. The van der Waals surface area contributed by atoms with Crippen molar-refractivity contribution in [1.82, 2.24) is 5.32 Å². The summed E-state index contributed by atoms with van der Waals surface area (Å²) in [5.41, 5.74) is 0. The summed E-state index contributed by atoms with van der Waals surface area (Å²) in [6.45, 7) is 6.99. The van der Waals surface area contributed by atoms with E-state index in [2.05, 4.69) is 74.7 Å². The average Bonchev–Trinajstić information content (AvgIpc) is 3.39. The molecule has 0 aromatic heterocycles. The van der Waals surface area contributed by atoms with Crippen LogP contribution in [0.1, 0.15) is 303 Å². The van der Waals surface area contributed by atoms with Crippen LogP contribution in [0.3, 0.4) is 0 Å². The third-order valence-electron chi connectivity index (χ3n) is 14.4. The lowest BCUT2D eigenvalue weighted by molar-refractivity contribution is -0.870. The van der Waals surface area contributed by atoms with E-state index in [0.717, 1.165) is 83.5 Å². The molecule has 3 atom stereocenters. The molecule has 1 amide bonds. The van der Waals surface area contributed by atoms with Gasteiger partial charge in [-0.05, 0) is 96.0 Å². The van der Waals surface area contributed by atoms with Crippen molar-refractivity contribution in [3.05, 3.63) is 60.8 Å². The Morgan fingerprint density at radius 3 is 1.22 bits per heavy atom. The number of nitrogens with zero attached hydrogens (tertiary/aromatic N) is 1. The van der Waals surface area contributed by atoms with Crippen molar-refractivity contribution in [3.63, 3.8) is 0 Å². The maximum absolute atomic E-state index is 13.6. The number of likely N-dealkylation sites (N-methyl/N-ethyl adjacent to an activating group) is 1. The van der Waals surface area contributed by atoms with Gasteiger partial charge in [0.05, 0.1) is 33.8 Å². The smallest absolute Gasteiger partial charge is 0.456 e. The van der Waals surface area contributed by atoms with E-state index in [1.54, 1.807) is 0 Å². The molecular formula is C67H126N2O7P+. The second-order valence-electron chi connectivity index (χ2n) is 23.3. The molecule has 10 heteroatoms. The molecule has 2 N–H and O–H groups in total. The fraction of sp³-hybridized carbons (Fsp3) is 0.821. The fourth-order valence-corrected chi connectivity index (χ4v) is 10.1. The Hall–Kier alpha value is -2.29. The Kier molecular flexibility index (Phi) is 55.3. The Balaban J connectivity index is 5.17. The Bertz CT molecular complexity index is 1500. The lowest BCUT2D eigenvalue weighted by Crippen LogP contribution is -2.47. The average molecular weight is 1100 g/mol. The molecule has 9 nitrogen and oxygen atoms in total. The van der Waals surface area contributed by atoms with Gasteiger partial charge >= 0.3 is 13.8 Å². The van der Waals surface area contributed by atoms with E-state index < -0.39 is 20.0 Å². The third kappa shape index (κ3) is 58.2. The first-order valence-electron chi connectivity index (χ1n) is 32.6. The van der Waals surface area contributed by atoms with Gasteiger partial charge < -0.3 is 19.4 Å². The lowest BCUT2D eigenvalue weighted by atomic mass is 10.0. The van der Waals surface area contributed by atoms with Crippen LogP contribution in [0.15, 0.2) is 60.8 Å². The number of unbranched alkanes of at least 4 members (excludes halogenated alkanes) is 35. The van der Waals surface area contributed by atoms with E-state index >= 15 is 0 Å². The summed E-state index contributed by atoms with van der Waals surface area (Å²) < 4.78 is 30.7. The van der Waals surface area contributed by atoms with Crippen LogP contribution in [0, 0.1) is 0 Å². The van der Waals surface area contributed by atoms with Gasteiger partial charge in [-0.1, -0.05) is 255 Å². The zero-order valence-electron chi connectivity index (χ0n) is 51.5. The van der Waals surface area contributed by atoms with E-state index in [1.807, 2.05) is 33.3 Å². The summed E-state index contributed by atoms with van der Waals surface area (Å²) in [5.74, 6) is -0.514. The van der Waals surface area contributed by atoms with E-state index in [-0.39, 0.29) is 31.5 Å². The first kappa shape index (κ1) is 74.7. The number of rotatable bonds is 59. The first-order chi connectivity index (χ1) is 37.4. The lowest BCUT2D eigenvalue weighted by Gasteiger charge is -2.27. The monoisotopic (exact) mass is 1100 g/mol. The molecule has 0 aliphatic heterocycles. The molecule has 0 bridgehead atoms. The van der Waals surface area contributed by atoms with E-state index in [0.29, 0.717) is 17.4 Å². The van der Waals surface area contributed by atoms with Crippen molar-refractivity contribution in [2.45, 2.75) is 315 Å². The number of ether oxygens (including phenoxy) is 1. The quantitative estimate of drug-likeness (QED) is 0.0205. The Labute approximate surface area is 477 Å². The van der Waals surface area contributed by atoms with Crippen molar-refractivity contribution >= 4 is 19.7 Å². The predicted octanol–water partition coefficient (Wildman–Crippen LogP) is 20.2. The highest BCUT2D eigenvalue weighted by Gasteiger charge is 2.30. The number of carbonyl (C=O) groups is 2. The second kappa shape index (κ2) is 57.0. The number of phosphoric acid groups is 1. The summed E-state index contributed by atoms with van der Waals surface area (Å²) in [6.07, 6.45) is 72.2. The molecule has 0 saturated heterocycles. The SMILES string of the molecule is CCCCC/C=C\C/C=C\C/C=C\CCCCCCCCC(=O)NC(COP(=O)(O)OCC[N+](C)(C)C)C(/C=C/CCCCCCCCCCC)OC(=O)CCCCCCCCCCCCC/C=C/CCCCCCCC. The Morgan fingerprint density at radius 1 is 0.455 bits per heavy atom. The van der Waals surface area contributed by atoms with Crippen LogP contribution >= 0.6 is 7.82 Å². The minimum absolute atomic E-state index is 0.0366. The number of phosphoric ester groups is 1. The van der Waals surface area contributed by atoms with Gasteiger partial charge in [0.1, 0.15) is 19.3 Å². The number of allylic oxidation sites excluding steroid dienone is 9. The normalized spacial score (nSPS) is 14.0. The molecule has 0 spiro atoms. The van der Waals surface area contributed by atoms with Crippen LogP contribution in [-0.2, 0) is 27.9 Å². The molecule has 0 rings (SSSR count). The molecular weight excluding hydrogens is 976 g/mol. The summed E-state index contributed by atoms with van der Waals surface area (Å²) in [4.78, 5) is 37.7. The minimum Gasteiger partial charge on any atom is -0.456 e. The predicted molar refractivity (Wildman–Crippen MR) is 332 cm³/mol. The van der Waals surface area contributed by atoms with Gasteiger partial charge in [-0.3, -0.25) is 18.6 Å². The molecule has 0 fully saturated rings. The number of hydrogen-bond acceptors (Lipinski definition) is 6. The van der Waals surface area contributed by atoms with Gasteiger partial charge in [0.25, 0.3) is 0 Å². The molecule has 450 valence electrons. The van der Waals surface area contributed by atoms with Crippen LogP contribution in [0.2, 0.25) is 0 Å². The molecule has 0 aliphatic carbocycles. The maximum Gasteiger partial charge on any atom is 0.472 e.